The molecule has 0 unspecified atom stereocenters. The number of ether oxygens (including phenoxy) is 2. The summed E-state index contributed by atoms with van der Waals surface area (Å²) in [5, 5.41) is 0.748. The van der Waals surface area contributed by atoms with Crippen LogP contribution in [0.15, 0.2) is 18.2 Å². The summed E-state index contributed by atoms with van der Waals surface area (Å²) >= 11 is 11.8. The van der Waals surface area contributed by atoms with Gasteiger partial charge in [-0.1, -0.05) is 23.2 Å². The van der Waals surface area contributed by atoms with Crippen LogP contribution in [-0.2, 0) is 16.1 Å². The van der Waals surface area contributed by atoms with Crippen LogP contribution in [0.1, 0.15) is 12.7 Å². The summed E-state index contributed by atoms with van der Waals surface area (Å²) in [6, 6.07) is 4.66. The van der Waals surface area contributed by atoms with E-state index in [1.165, 1.54) is 13.0 Å². The first-order valence-corrected chi connectivity index (χ1v) is 7.15. The number of hydrogen-bond donors (Lipinski definition) is 2. The van der Waals surface area contributed by atoms with Gasteiger partial charge in [-0.15, -0.1) is 0 Å². The zero-order valence-electron chi connectivity index (χ0n) is 12.0. The number of nitrogens with two attached hydrogens (primary N) is 2. The van der Waals surface area contributed by atoms with Crippen molar-refractivity contribution in [2.45, 2.75) is 19.6 Å². The summed E-state index contributed by atoms with van der Waals surface area (Å²) in [7, 11) is 0. The summed E-state index contributed by atoms with van der Waals surface area (Å²) in [5.41, 5.74) is 10.8. The van der Waals surface area contributed by atoms with E-state index < -0.39 is 12.1 Å². The molecule has 2 rings (SSSR count). The third-order valence-electron chi connectivity index (χ3n) is 2.59. The number of benzene rings is 1. The molecule has 0 aliphatic rings. The van der Waals surface area contributed by atoms with E-state index in [9.17, 15) is 4.79 Å². The second-order valence-corrected chi connectivity index (χ2v) is 5.25. The van der Waals surface area contributed by atoms with Crippen LogP contribution in [-0.4, -0.2) is 27.0 Å². The fourth-order valence-electron chi connectivity index (χ4n) is 1.58. The number of carbonyl (C=O) groups is 1. The number of halogens is 2. The highest BCUT2D eigenvalue weighted by atomic mass is 35.5. The summed E-state index contributed by atoms with van der Waals surface area (Å²) in [6.45, 7) is 1.31. The molecule has 4 N–H and O–H groups in total. The Labute approximate surface area is 141 Å². The predicted molar refractivity (Wildman–Crippen MR) is 85.0 cm³/mol. The first-order valence-electron chi connectivity index (χ1n) is 6.39. The summed E-state index contributed by atoms with van der Waals surface area (Å²) in [4.78, 5) is 23.1. The van der Waals surface area contributed by atoms with Crippen LogP contribution in [0, 0.1) is 0 Å². The Kier molecular flexibility index (Phi) is 5.41. The van der Waals surface area contributed by atoms with Crippen LogP contribution >= 0.6 is 23.2 Å². The Balaban J connectivity index is 1.94. The second kappa shape index (κ2) is 7.30. The molecule has 2 aromatic rings. The largest absolute Gasteiger partial charge is 0.477 e. The maximum absolute atomic E-state index is 11.9. The minimum atomic E-state index is -0.898. The van der Waals surface area contributed by atoms with E-state index in [4.69, 9.17) is 44.1 Å². The average Bonchev–Trinajstić information content (AvgIpc) is 2.46. The smallest absolute Gasteiger partial charge is 0.347 e. The van der Waals surface area contributed by atoms with Gasteiger partial charge in [-0.2, -0.15) is 15.0 Å². The Bertz CT molecular complexity index is 709. The molecule has 1 aromatic carbocycles. The first-order chi connectivity index (χ1) is 10.8. The zero-order valence-corrected chi connectivity index (χ0v) is 13.5. The van der Waals surface area contributed by atoms with Crippen LogP contribution in [0.2, 0.25) is 10.0 Å². The number of hydrogen-bond acceptors (Lipinski definition) is 8. The second-order valence-electron chi connectivity index (χ2n) is 4.41. The Hall–Kier alpha value is -2.32. The zero-order chi connectivity index (χ0) is 17.0. The maximum atomic E-state index is 11.9. The number of anilines is 2. The van der Waals surface area contributed by atoms with Crippen molar-refractivity contribution in [3.63, 3.8) is 0 Å². The number of carbonyl (C=O) groups excluding carboxylic acids is 1. The maximum Gasteiger partial charge on any atom is 0.347 e. The Morgan fingerprint density at radius 3 is 2.48 bits per heavy atom. The van der Waals surface area contributed by atoms with Crippen LogP contribution in [0.25, 0.3) is 0 Å². The minimum Gasteiger partial charge on any atom is -0.477 e. The molecular weight excluding hydrogens is 345 g/mol. The molecule has 0 saturated carbocycles. The number of esters is 1. The quantitative estimate of drug-likeness (QED) is 0.776. The third kappa shape index (κ3) is 4.83. The lowest BCUT2D eigenvalue weighted by Gasteiger charge is -2.14. The molecule has 1 heterocycles. The van der Waals surface area contributed by atoms with Crippen molar-refractivity contribution in [3.05, 3.63) is 34.1 Å². The molecule has 0 spiro atoms. The van der Waals surface area contributed by atoms with Gasteiger partial charge < -0.3 is 20.9 Å². The molecular formula is C13H13Cl2N5O3. The molecule has 122 valence electrons. The van der Waals surface area contributed by atoms with E-state index in [-0.39, 0.29) is 29.4 Å². The van der Waals surface area contributed by atoms with Crippen LogP contribution < -0.4 is 16.2 Å². The lowest BCUT2D eigenvalue weighted by atomic mass is 10.3. The fourth-order valence-corrected chi connectivity index (χ4v) is 2.04. The van der Waals surface area contributed by atoms with E-state index >= 15 is 0 Å². The van der Waals surface area contributed by atoms with Crippen LogP contribution in [0.4, 0.5) is 11.9 Å². The molecule has 0 fully saturated rings. The van der Waals surface area contributed by atoms with Gasteiger partial charge in [-0.3, -0.25) is 0 Å². The Morgan fingerprint density at radius 2 is 1.87 bits per heavy atom. The van der Waals surface area contributed by atoms with Crippen molar-refractivity contribution >= 4 is 41.1 Å². The summed E-state index contributed by atoms with van der Waals surface area (Å²) < 4.78 is 10.5. The SMILES string of the molecule is C[C@H](Oc1ccc(Cl)cc1Cl)C(=O)OCc1nc(N)nc(N)n1. The molecule has 0 aliphatic carbocycles. The van der Waals surface area contributed by atoms with Gasteiger partial charge in [0.25, 0.3) is 0 Å². The molecule has 0 radical (unpaired) electrons. The Morgan fingerprint density at radius 1 is 1.22 bits per heavy atom. The number of aromatic nitrogens is 3. The molecule has 0 amide bonds. The molecule has 1 aromatic heterocycles. The fraction of sp³-hybridized carbons (Fsp3) is 0.231. The van der Waals surface area contributed by atoms with Gasteiger partial charge in [-0.05, 0) is 25.1 Å². The van der Waals surface area contributed by atoms with Gasteiger partial charge in [0.05, 0.1) is 5.02 Å². The highest BCUT2D eigenvalue weighted by Gasteiger charge is 2.18. The minimum absolute atomic E-state index is 0.0548. The van der Waals surface area contributed by atoms with E-state index in [0.29, 0.717) is 10.8 Å². The van der Waals surface area contributed by atoms with Crippen molar-refractivity contribution in [2.75, 3.05) is 11.5 Å². The van der Waals surface area contributed by atoms with E-state index in [1.807, 2.05) is 0 Å². The van der Waals surface area contributed by atoms with E-state index in [1.54, 1.807) is 12.1 Å². The van der Waals surface area contributed by atoms with Crippen molar-refractivity contribution in [1.82, 2.24) is 15.0 Å². The number of nitrogens with zero attached hydrogens (tertiary/aromatic N) is 3. The standard InChI is InChI=1S/C13H13Cl2N5O3/c1-6(23-9-3-2-7(14)4-8(9)15)11(21)22-5-10-18-12(16)20-13(17)19-10/h2-4,6H,5H2,1H3,(H4,16,17,18,19,20)/t6-/m0/s1. The predicted octanol–water partition coefficient (Wildman–Crippen LogP) is 1.85. The number of nitrogen functional groups attached to an aromatic ring is 2. The van der Waals surface area contributed by atoms with Crippen molar-refractivity contribution in [3.8, 4) is 5.75 Å². The molecule has 0 aliphatic heterocycles. The molecule has 8 nitrogen and oxygen atoms in total. The van der Waals surface area contributed by atoms with Gasteiger partial charge in [0.2, 0.25) is 11.9 Å². The van der Waals surface area contributed by atoms with E-state index in [0.717, 1.165) is 0 Å². The van der Waals surface area contributed by atoms with Gasteiger partial charge in [0.1, 0.15) is 5.75 Å². The lowest BCUT2D eigenvalue weighted by molar-refractivity contribution is -0.152. The first kappa shape index (κ1) is 17.0. The van der Waals surface area contributed by atoms with Crippen molar-refractivity contribution < 1.29 is 14.3 Å². The monoisotopic (exact) mass is 357 g/mol. The molecule has 0 saturated heterocycles. The average molecular weight is 358 g/mol. The lowest BCUT2D eigenvalue weighted by Crippen LogP contribution is -2.26. The third-order valence-corrected chi connectivity index (χ3v) is 3.12. The van der Waals surface area contributed by atoms with Gasteiger partial charge >= 0.3 is 5.97 Å². The normalized spacial score (nSPS) is 11.8. The van der Waals surface area contributed by atoms with Gasteiger partial charge in [-0.25, -0.2) is 4.79 Å². The summed E-state index contributed by atoms with van der Waals surface area (Å²) in [6.07, 6.45) is -0.898. The topological polar surface area (TPSA) is 126 Å². The highest BCUT2D eigenvalue weighted by Crippen LogP contribution is 2.28. The van der Waals surface area contributed by atoms with Crippen LogP contribution in [0.5, 0.6) is 5.75 Å². The number of rotatable bonds is 5. The van der Waals surface area contributed by atoms with Crippen molar-refractivity contribution in [1.29, 1.82) is 0 Å². The molecule has 10 heteroatoms. The van der Waals surface area contributed by atoms with E-state index in [2.05, 4.69) is 15.0 Å². The van der Waals surface area contributed by atoms with Crippen molar-refractivity contribution in [2.24, 2.45) is 0 Å². The summed E-state index contributed by atoms with van der Waals surface area (Å²) in [5.74, 6) is -0.288. The molecule has 1 atom stereocenters. The van der Waals surface area contributed by atoms with Gasteiger partial charge in [0, 0.05) is 5.02 Å². The van der Waals surface area contributed by atoms with Crippen LogP contribution in [0.3, 0.4) is 0 Å². The highest BCUT2D eigenvalue weighted by molar-refractivity contribution is 6.35. The van der Waals surface area contributed by atoms with Gasteiger partial charge in [0.15, 0.2) is 18.5 Å². The molecule has 23 heavy (non-hydrogen) atoms. The molecule has 0 bridgehead atoms.